The fourth-order valence-corrected chi connectivity index (χ4v) is 5.58. The van der Waals surface area contributed by atoms with Crippen molar-refractivity contribution in [1.82, 2.24) is 9.21 Å². The van der Waals surface area contributed by atoms with Crippen LogP contribution in [0.15, 0.2) is 18.2 Å². The number of methoxy groups -OCH3 is 1. The number of rotatable bonds is 5. The summed E-state index contributed by atoms with van der Waals surface area (Å²) in [6.45, 7) is 5.77. The van der Waals surface area contributed by atoms with Crippen LogP contribution < -0.4 is 4.74 Å². The van der Waals surface area contributed by atoms with Crippen molar-refractivity contribution in [2.45, 2.75) is 37.4 Å². The zero-order valence-corrected chi connectivity index (χ0v) is 18.8. The molecule has 2 fully saturated rings. The van der Waals surface area contributed by atoms with Crippen LogP contribution in [0.2, 0.25) is 5.02 Å². The van der Waals surface area contributed by atoms with E-state index in [-0.39, 0.29) is 5.91 Å². The van der Waals surface area contributed by atoms with Crippen LogP contribution >= 0.6 is 11.6 Å². The van der Waals surface area contributed by atoms with Crippen molar-refractivity contribution in [3.8, 4) is 5.75 Å². The highest BCUT2D eigenvalue weighted by molar-refractivity contribution is 7.89. The van der Waals surface area contributed by atoms with Gasteiger partial charge < -0.3 is 14.4 Å². The Morgan fingerprint density at radius 1 is 1.17 bits per heavy atom. The van der Waals surface area contributed by atoms with Gasteiger partial charge in [-0.3, -0.25) is 4.79 Å². The maximum atomic E-state index is 13.7. The van der Waals surface area contributed by atoms with Gasteiger partial charge >= 0.3 is 0 Å². The van der Waals surface area contributed by atoms with Crippen LogP contribution in [-0.2, 0) is 25.0 Å². The molecule has 0 aliphatic carbocycles. The second kappa shape index (κ2) is 8.79. The average molecular weight is 445 g/mol. The maximum absolute atomic E-state index is 13.7. The number of piperazine rings is 1. The van der Waals surface area contributed by atoms with E-state index in [4.69, 9.17) is 21.1 Å². The summed E-state index contributed by atoms with van der Waals surface area (Å²) >= 11 is 6.35. The molecule has 0 spiro atoms. The van der Waals surface area contributed by atoms with E-state index < -0.39 is 20.7 Å². The number of benzene rings is 1. The summed E-state index contributed by atoms with van der Waals surface area (Å²) in [5.74, 6) is 0.584. The number of carbonyl (C=O) groups is 1. The number of ether oxygens (including phenoxy) is 2. The van der Waals surface area contributed by atoms with E-state index in [1.54, 1.807) is 31.9 Å². The van der Waals surface area contributed by atoms with Crippen molar-refractivity contribution in [3.63, 3.8) is 0 Å². The molecular weight excluding hydrogens is 416 g/mol. The minimum Gasteiger partial charge on any atom is -0.495 e. The fourth-order valence-electron chi connectivity index (χ4n) is 4.06. The van der Waals surface area contributed by atoms with Crippen LogP contribution in [0.1, 0.15) is 32.3 Å². The lowest BCUT2D eigenvalue weighted by Crippen LogP contribution is -2.57. The molecule has 29 heavy (non-hydrogen) atoms. The molecule has 2 saturated heterocycles. The summed E-state index contributed by atoms with van der Waals surface area (Å²) in [4.78, 5) is 15.4. The summed E-state index contributed by atoms with van der Waals surface area (Å²) in [7, 11) is -1.75. The van der Waals surface area contributed by atoms with Crippen molar-refractivity contribution in [2.24, 2.45) is 0 Å². The Bertz CT molecular complexity index is 844. The number of hydrogen-bond acceptors (Lipinski definition) is 5. The molecule has 0 unspecified atom stereocenters. The second-order valence-electron chi connectivity index (χ2n) is 7.83. The van der Waals surface area contributed by atoms with Gasteiger partial charge in [-0.05, 0) is 44.4 Å². The van der Waals surface area contributed by atoms with Gasteiger partial charge in [0.05, 0.1) is 22.8 Å². The van der Waals surface area contributed by atoms with Crippen LogP contribution in [0.4, 0.5) is 0 Å². The van der Waals surface area contributed by atoms with Gasteiger partial charge in [-0.1, -0.05) is 17.7 Å². The highest BCUT2D eigenvalue weighted by atomic mass is 35.5. The smallest absolute Gasteiger partial charge is 0.233 e. The molecule has 9 heteroatoms. The molecule has 1 aromatic carbocycles. The van der Waals surface area contributed by atoms with Crippen LogP contribution in [0, 0.1) is 0 Å². The molecule has 1 amide bonds. The molecule has 3 rings (SSSR count). The van der Waals surface area contributed by atoms with Gasteiger partial charge in [0, 0.05) is 39.4 Å². The van der Waals surface area contributed by atoms with Gasteiger partial charge in [0.2, 0.25) is 15.9 Å². The molecule has 0 atom stereocenters. The Balaban J connectivity index is 1.83. The minimum atomic E-state index is -3.31. The molecule has 0 saturated carbocycles. The van der Waals surface area contributed by atoms with Crippen LogP contribution in [-0.4, -0.2) is 75.3 Å². The van der Waals surface area contributed by atoms with Gasteiger partial charge in [-0.15, -0.1) is 0 Å². The number of nitrogens with zero attached hydrogens (tertiary/aromatic N) is 2. The molecule has 1 aromatic rings. The predicted octanol–water partition coefficient (Wildman–Crippen LogP) is 2.28. The molecule has 7 nitrogen and oxygen atoms in total. The van der Waals surface area contributed by atoms with Crippen LogP contribution in [0.5, 0.6) is 5.75 Å². The van der Waals surface area contributed by atoms with Gasteiger partial charge in [0.25, 0.3) is 0 Å². The Labute approximate surface area is 178 Å². The SMILES string of the molecule is COc1ccc(C2(C(=O)N3CCN(S(=O)(=O)C(C)C)CC3)CCOCC2)cc1Cl. The number of sulfonamides is 1. The van der Waals surface area contributed by atoms with Crippen molar-refractivity contribution < 1.29 is 22.7 Å². The maximum Gasteiger partial charge on any atom is 0.233 e. The summed E-state index contributed by atoms with van der Waals surface area (Å²) in [5.41, 5.74) is 0.140. The third-order valence-electron chi connectivity index (χ3n) is 5.94. The Hall–Kier alpha value is -1.35. The lowest BCUT2D eigenvalue weighted by Gasteiger charge is -2.43. The molecule has 0 aromatic heterocycles. The summed E-state index contributed by atoms with van der Waals surface area (Å²) in [6, 6.07) is 5.49. The van der Waals surface area contributed by atoms with E-state index >= 15 is 0 Å². The zero-order chi connectivity index (χ0) is 21.2. The number of carbonyl (C=O) groups excluding carboxylic acids is 1. The number of halogens is 1. The first-order valence-corrected chi connectivity index (χ1v) is 11.8. The topological polar surface area (TPSA) is 76.2 Å². The van der Waals surface area contributed by atoms with Crippen LogP contribution in [0.3, 0.4) is 0 Å². The third-order valence-corrected chi connectivity index (χ3v) is 8.51. The molecule has 2 aliphatic heterocycles. The molecule has 162 valence electrons. The van der Waals surface area contributed by atoms with Gasteiger partial charge in [0.1, 0.15) is 5.75 Å². The standard InChI is InChI=1S/C20H29ClN2O5S/c1-15(2)29(25,26)23-10-8-22(9-11-23)19(24)20(6-12-28-13-7-20)16-4-5-18(27-3)17(21)14-16/h4-5,14-15H,6-13H2,1-3H3. The van der Waals surface area contributed by atoms with Gasteiger partial charge in [0.15, 0.2) is 0 Å². The van der Waals surface area contributed by atoms with E-state index in [1.807, 2.05) is 12.1 Å². The molecule has 0 bridgehead atoms. The highest BCUT2D eigenvalue weighted by Gasteiger charge is 2.45. The van der Waals surface area contributed by atoms with E-state index in [9.17, 15) is 13.2 Å². The van der Waals surface area contributed by atoms with Crippen LogP contribution in [0.25, 0.3) is 0 Å². The minimum absolute atomic E-state index is 0.0172. The number of amides is 1. The van der Waals surface area contributed by atoms with E-state index in [1.165, 1.54) is 4.31 Å². The van der Waals surface area contributed by atoms with Crippen molar-refractivity contribution in [1.29, 1.82) is 0 Å². The second-order valence-corrected chi connectivity index (χ2v) is 10.7. The first-order valence-electron chi connectivity index (χ1n) is 9.92. The normalized spacial score (nSPS) is 20.7. The lowest BCUT2D eigenvalue weighted by atomic mass is 9.73. The molecule has 0 N–H and O–H groups in total. The quantitative estimate of drug-likeness (QED) is 0.696. The Morgan fingerprint density at radius 3 is 2.31 bits per heavy atom. The Kier molecular flexibility index (Phi) is 6.77. The first kappa shape index (κ1) is 22.3. The summed E-state index contributed by atoms with van der Waals surface area (Å²) in [6.07, 6.45) is 1.14. The van der Waals surface area contributed by atoms with E-state index in [0.717, 1.165) is 5.56 Å². The first-order chi connectivity index (χ1) is 13.7. The molecule has 0 radical (unpaired) electrons. The monoisotopic (exact) mass is 444 g/mol. The predicted molar refractivity (Wildman–Crippen MR) is 112 cm³/mol. The van der Waals surface area contributed by atoms with E-state index in [0.29, 0.717) is 63.0 Å². The van der Waals surface area contributed by atoms with E-state index in [2.05, 4.69) is 0 Å². The largest absolute Gasteiger partial charge is 0.495 e. The third kappa shape index (κ3) is 4.26. The lowest BCUT2D eigenvalue weighted by molar-refractivity contribution is -0.142. The molecular formula is C20H29ClN2O5S. The average Bonchev–Trinajstić information content (AvgIpc) is 2.73. The summed E-state index contributed by atoms with van der Waals surface area (Å²) in [5, 5.41) is 0.00420. The van der Waals surface area contributed by atoms with Crippen molar-refractivity contribution in [2.75, 3.05) is 46.5 Å². The Morgan fingerprint density at radius 2 is 1.79 bits per heavy atom. The zero-order valence-electron chi connectivity index (χ0n) is 17.2. The molecule has 2 heterocycles. The highest BCUT2D eigenvalue weighted by Crippen LogP contribution is 2.40. The number of hydrogen-bond donors (Lipinski definition) is 0. The summed E-state index contributed by atoms with van der Waals surface area (Å²) < 4.78 is 37.1. The van der Waals surface area contributed by atoms with Crippen molar-refractivity contribution in [3.05, 3.63) is 28.8 Å². The molecule has 2 aliphatic rings. The van der Waals surface area contributed by atoms with Gasteiger partial charge in [-0.25, -0.2) is 8.42 Å². The fraction of sp³-hybridized carbons (Fsp3) is 0.650. The van der Waals surface area contributed by atoms with Gasteiger partial charge in [-0.2, -0.15) is 4.31 Å². The van der Waals surface area contributed by atoms with Crippen molar-refractivity contribution >= 4 is 27.5 Å².